The number of nitrogens with zero attached hydrogens (tertiary/aromatic N) is 2. The first-order valence-corrected chi connectivity index (χ1v) is 5.54. The van der Waals surface area contributed by atoms with Crippen LogP contribution >= 0.6 is 0 Å². The SMILES string of the molecule is CC(CN(C)C(=O)c1ccc(F)c(F)c1)C(N)=NO. The van der Waals surface area contributed by atoms with E-state index in [0.29, 0.717) is 0 Å². The van der Waals surface area contributed by atoms with Gasteiger partial charge in [0.2, 0.25) is 0 Å². The third-order valence-corrected chi connectivity index (χ3v) is 2.68. The average molecular weight is 271 g/mol. The topological polar surface area (TPSA) is 78.9 Å². The van der Waals surface area contributed by atoms with Gasteiger partial charge in [0.05, 0.1) is 0 Å². The van der Waals surface area contributed by atoms with Crippen LogP contribution in [0.2, 0.25) is 0 Å². The molecule has 1 aromatic carbocycles. The van der Waals surface area contributed by atoms with E-state index in [9.17, 15) is 13.6 Å². The number of nitrogens with two attached hydrogens (primary N) is 1. The summed E-state index contributed by atoms with van der Waals surface area (Å²) in [6, 6.07) is 2.93. The summed E-state index contributed by atoms with van der Waals surface area (Å²) in [4.78, 5) is 13.2. The minimum atomic E-state index is -1.08. The van der Waals surface area contributed by atoms with Crippen molar-refractivity contribution in [2.75, 3.05) is 13.6 Å². The van der Waals surface area contributed by atoms with Crippen LogP contribution in [0.4, 0.5) is 8.78 Å². The molecule has 0 aliphatic rings. The summed E-state index contributed by atoms with van der Waals surface area (Å²) in [5.41, 5.74) is 5.44. The van der Waals surface area contributed by atoms with Crippen molar-refractivity contribution in [3.05, 3.63) is 35.4 Å². The number of hydrogen-bond donors (Lipinski definition) is 2. The highest BCUT2D eigenvalue weighted by Gasteiger charge is 2.18. The number of carbonyl (C=O) groups is 1. The second kappa shape index (κ2) is 6.12. The summed E-state index contributed by atoms with van der Waals surface area (Å²) in [5, 5.41) is 11.4. The minimum absolute atomic E-state index is 0.00932. The first-order valence-electron chi connectivity index (χ1n) is 5.54. The van der Waals surface area contributed by atoms with Crippen LogP contribution in [0, 0.1) is 17.6 Å². The van der Waals surface area contributed by atoms with Gasteiger partial charge in [0.1, 0.15) is 5.84 Å². The number of rotatable bonds is 4. The lowest BCUT2D eigenvalue weighted by Gasteiger charge is -2.21. The van der Waals surface area contributed by atoms with Crippen LogP contribution < -0.4 is 5.73 Å². The van der Waals surface area contributed by atoms with Crippen LogP contribution in [0.3, 0.4) is 0 Å². The van der Waals surface area contributed by atoms with Crippen molar-refractivity contribution in [3.8, 4) is 0 Å². The molecule has 0 saturated carbocycles. The quantitative estimate of drug-likeness (QED) is 0.376. The fourth-order valence-corrected chi connectivity index (χ4v) is 1.54. The Hall–Kier alpha value is -2.18. The Morgan fingerprint density at radius 3 is 2.63 bits per heavy atom. The molecule has 19 heavy (non-hydrogen) atoms. The van der Waals surface area contributed by atoms with Gasteiger partial charge in [0.25, 0.3) is 5.91 Å². The number of amidine groups is 1. The van der Waals surface area contributed by atoms with Crippen LogP contribution in [0.1, 0.15) is 17.3 Å². The standard InChI is InChI=1S/C12H15F2N3O2/c1-7(11(15)16-19)6-17(2)12(18)8-3-4-9(13)10(14)5-8/h3-5,7,19H,6H2,1-2H3,(H2,15,16). The molecule has 0 spiro atoms. The number of hydrogen-bond acceptors (Lipinski definition) is 3. The van der Waals surface area contributed by atoms with Crippen LogP contribution in [-0.2, 0) is 0 Å². The number of oxime groups is 1. The fourth-order valence-electron chi connectivity index (χ4n) is 1.54. The Morgan fingerprint density at radius 1 is 1.47 bits per heavy atom. The third-order valence-electron chi connectivity index (χ3n) is 2.68. The first kappa shape index (κ1) is 14.9. The van der Waals surface area contributed by atoms with Gasteiger partial charge in [-0.1, -0.05) is 12.1 Å². The van der Waals surface area contributed by atoms with Crippen LogP contribution in [-0.4, -0.2) is 35.4 Å². The zero-order valence-electron chi connectivity index (χ0n) is 10.6. The van der Waals surface area contributed by atoms with E-state index in [-0.39, 0.29) is 23.9 Å². The van der Waals surface area contributed by atoms with Gasteiger partial charge >= 0.3 is 0 Å². The molecule has 0 heterocycles. The predicted molar refractivity (Wildman–Crippen MR) is 65.9 cm³/mol. The molecule has 0 bridgehead atoms. The van der Waals surface area contributed by atoms with Gasteiger partial charge in [0, 0.05) is 25.1 Å². The maximum Gasteiger partial charge on any atom is 0.253 e. The molecule has 5 nitrogen and oxygen atoms in total. The van der Waals surface area contributed by atoms with E-state index in [2.05, 4.69) is 5.16 Å². The number of halogens is 2. The lowest BCUT2D eigenvalue weighted by Crippen LogP contribution is -2.36. The van der Waals surface area contributed by atoms with E-state index >= 15 is 0 Å². The highest BCUT2D eigenvalue weighted by Crippen LogP contribution is 2.11. The Morgan fingerprint density at radius 2 is 2.11 bits per heavy atom. The molecule has 1 rings (SSSR count). The van der Waals surface area contributed by atoms with Gasteiger partial charge in [-0.25, -0.2) is 8.78 Å². The molecular formula is C12H15F2N3O2. The molecule has 1 aromatic rings. The van der Waals surface area contributed by atoms with Crippen molar-refractivity contribution in [2.24, 2.45) is 16.8 Å². The number of carbonyl (C=O) groups excluding carboxylic acids is 1. The van der Waals surface area contributed by atoms with Gasteiger partial charge in [-0.05, 0) is 18.2 Å². The minimum Gasteiger partial charge on any atom is -0.409 e. The lowest BCUT2D eigenvalue weighted by atomic mass is 10.1. The summed E-state index contributed by atoms with van der Waals surface area (Å²) >= 11 is 0. The highest BCUT2D eigenvalue weighted by atomic mass is 19.2. The molecule has 7 heteroatoms. The van der Waals surface area contributed by atoms with Gasteiger partial charge in [-0.3, -0.25) is 4.79 Å². The Kier molecular flexibility index (Phi) is 4.80. The summed E-state index contributed by atoms with van der Waals surface area (Å²) in [6.45, 7) is 1.86. The number of amides is 1. The molecule has 0 aliphatic carbocycles. The molecular weight excluding hydrogens is 256 g/mol. The van der Waals surface area contributed by atoms with Crippen molar-refractivity contribution in [1.82, 2.24) is 4.90 Å². The van der Waals surface area contributed by atoms with Crippen molar-refractivity contribution in [1.29, 1.82) is 0 Å². The molecule has 0 radical (unpaired) electrons. The predicted octanol–water partition coefficient (Wildman–Crippen LogP) is 1.42. The Balaban J connectivity index is 2.79. The zero-order chi connectivity index (χ0) is 14.6. The van der Waals surface area contributed by atoms with Crippen molar-refractivity contribution in [2.45, 2.75) is 6.92 Å². The molecule has 1 atom stereocenters. The second-order valence-corrected chi connectivity index (χ2v) is 4.24. The summed E-state index contributed by atoms with van der Waals surface area (Å²) < 4.78 is 25.8. The number of benzene rings is 1. The van der Waals surface area contributed by atoms with Gasteiger partial charge in [0.15, 0.2) is 11.6 Å². The average Bonchev–Trinajstić information content (AvgIpc) is 2.39. The van der Waals surface area contributed by atoms with Gasteiger partial charge in [-0.15, -0.1) is 0 Å². The smallest absolute Gasteiger partial charge is 0.253 e. The van der Waals surface area contributed by atoms with Crippen molar-refractivity contribution in [3.63, 3.8) is 0 Å². The van der Waals surface area contributed by atoms with E-state index in [1.54, 1.807) is 6.92 Å². The van der Waals surface area contributed by atoms with Gasteiger partial charge in [-0.2, -0.15) is 0 Å². The molecule has 0 aromatic heterocycles. The maximum atomic E-state index is 13.0. The normalized spacial score (nSPS) is 13.2. The second-order valence-electron chi connectivity index (χ2n) is 4.24. The Labute approximate surface area is 109 Å². The van der Waals surface area contributed by atoms with Crippen LogP contribution in [0.15, 0.2) is 23.4 Å². The van der Waals surface area contributed by atoms with Crippen molar-refractivity contribution >= 4 is 11.7 Å². The molecule has 0 aliphatic heterocycles. The van der Waals surface area contributed by atoms with E-state index < -0.39 is 17.5 Å². The van der Waals surface area contributed by atoms with Crippen LogP contribution in [0.25, 0.3) is 0 Å². The van der Waals surface area contributed by atoms with E-state index in [0.717, 1.165) is 12.1 Å². The molecule has 1 amide bonds. The summed E-state index contributed by atoms with van der Waals surface area (Å²) in [7, 11) is 1.49. The van der Waals surface area contributed by atoms with E-state index in [4.69, 9.17) is 10.9 Å². The highest BCUT2D eigenvalue weighted by molar-refractivity contribution is 5.94. The van der Waals surface area contributed by atoms with E-state index in [1.807, 2.05) is 0 Å². The zero-order valence-corrected chi connectivity index (χ0v) is 10.6. The largest absolute Gasteiger partial charge is 0.409 e. The molecule has 0 fully saturated rings. The Bertz CT molecular complexity index is 506. The van der Waals surface area contributed by atoms with E-state index in [1.165, 1.54) is 18.0 Å². The first-order chi connectivity index (χ1) is 8.86. The molecule has 1 unspecified atom stereocenters. The fraction of sp³-hybridized carbons (Fsp3) is 0.333. The monoisotopic (exact) mass is 271 g/mol. The molecule has 104 valence electrons. The third kappa shape index (κ3) is 3.64. The van der Waals surface area contributed by atoms with Gasteiger partial charge < -0.3 is 15.8 Å². The van der Waals surface area contributed by atoms with Crippen LogP contribution in [0.5, 0.6) is 0 Å². The van der Waals surface area contributed by atoms with Crippen molar-refractivity contribution < 1.29 is 18.8 Å². The lowest BCUT2D eigenvalue weighted by molar-refractivity contribution is 0.0785. The summed E-state index contributed by atoms with van der Waals surface area (Å²) in [5.74, 6) is -2.93. The summed E-state index contributed by atoms with van der Waals surface area (Å²) in [6.07, 6.45) is 0. The molecule has 3 N–H and O–H groups in total. The maximum absolute atomic E-state index is 13.0. The molecule has 0 saturated heterocycles.